The summed E-state index contributed by atoms with van der Waals surface area (Å²) in [6.45, 7) is 0. The van der Waals surface area contributed by atoms with Crippen LogP contribution in [0.1, 0.15) is 0 Å². The Morgan fingerprint density at radius 3 is 2.89 bits per heavy atom. The molecule has 0 radical (unpaired) electrons. The van der Waals surface area contributed by atoms with Crippen molar-refractivity contribution in [3.63, 3.8) is 0 Å². The highest BCUT2D eigenvalue weighted by atomic mass is 35.5. The van der Waals surface area contributed by atoms with Gasteiger partial charge < -0.3 is 4.98 Å². The first-order chi connectivity index (χ1) is 9.34. The summed E-state index contributed by atoms with van der Waals surface area (Å²) in [4.78, 5) is 7.32. The van der Waals surface area contributed by atoms with Gasteiger partial charge in [-0.3, -0.25) is 5.10 Å². The van der Waals surface area contributed by atoms with Crippen molar-refractivity contribution < 1.29 is 0 Å². The number of rotatable bonds is 1. The Morgan fingerprint density at radius 1 is 1.00 bits per heavy atom. The van der Waals surface area contributed by atoms with Crippen LogP contribution < -0.4 is 0 Å². The van der Waals surface area contributed by atoms with Gasteiger partial charge in [0.1, 0.15) is 5.52 Å². The smallest absolute Gasteiger partial charge is 0.107 e. The van der Waals surface area contributed by atoms with Crippen molar-refractivity contribution in [2.75, 3.05) is 0 Å². The van der Waals surface area contributed by atoms with Crippen molar-refractivity contribution in [3.05, 3.63) is 47.9 Å². The summed E-state index contributed by atoms with van der Waals surface area (Å²) in [5.74, 6) is 0. The third kappa shape index (κ3) is 1.47. The van der Waals surface area contributed by atoms with E-state index in [-0.39, 0.29) is 0 Å². The van der Waals surface area contributed by atoms with Crippen molar-refractivity contribution in [2.45, 2.75) is 0 Å². The molecular weight excluding hydrogens is 260 g/mol. The van der Waals surface area contributed by atoms with E-state index in [2.05, 4.69) is 20.2 Å². The van der Waals surface area contributed by atoms with E-state index in [1.807, 2.05) is 36.5 Å². The number of nitrogens with zero attached hydrogens (tertiary/aromatic N) is 2. The van der Waals surface area contributed by atoms with Crippen LogP contribution in [0.4, 0.5) is 0 Å². The molecule has 0 aliphatic carbocycles. The minimum Gasteiger partial charge on any atom is -0.345 e. The lowest BCUT2D eigenvalue weighted by Crippen LogP contribution is -1.83. The summed E-state index contributed by atoms with van der Waals surface area (Å²) < 4.78 is 0. The van der Waals surface area contributed by atoms with Crippen LogP contribution in [-0.2, 0) is 0 Å². The average Bonchev–Trinajstić information content (AvgIpc) is 3.07. The number of aromatic amines is 2. The second-order valence-corrected chi connectivity index (χ2v) is 4.74. The predicted octanol–water partition coefficient (Wildman–Crippen LogP) is 3.76. The number of benzene rings is 2. The fraction of sp³-hybridized carbons (Fsp3) is 0. The average molecular weight is 269 g/mol. The molecule has 0 atom stereocenters. The number of hydrogen-bond donors (Lipinski definition) is 2. The Kier molecular flexibility index (Phi) is 2.13. The number of H-pyrrole nitrogens is 2. The van der Waals surface area contributed by atoms with Crippen molar-refractivity contribution in [2.24, 2.45) is 0 Å². The van der Waals surface area contributed by atoms with E-state index in [1.54, 1.807) is 6.33 Å². The first-order valence-electron chi connectivity index (χ1n) is 5.88. The molecule has 2 heterocycles. The summed E-state index contributed by atoms with van der Waals surface area (Å²) in [6, 6.07) is 10.0. The molecule has 4 nitrogen and oxygen atoms in total. The third-order valence-electron chi connectivity index (χ3n) is 3.30. The van der Waals surface area contributed by atoms with Crippen LogP contribution in [-0.4, -0.2) is 20.2 Å². The van der Waals surface area contributed by atoms with Crippen molar-refractivity contribution in [1.29, 1.82) is 0 Å². The molecule has 0 saturated carbocycles. The fourth-order valence-corrected chi connectivity index (χ4v) is 2.70. The molecular formula is C14H9ClN4. The second-order valence-electron chi connectivity index (χ2n) is 4.36. The zero-order valence-corrected chi connectivity index (χ0v) is 10.6. The molecule has 19 heavy (non-hydrogen) atoms. The molecule has 2 aromatic carbocycles. The van der Waals surface area contributed by atoms with Gasteiger partial charge in [-0.25, -0.2) is 4.98 Å². The van der Waals surface area contributed by atoms with Crippen LogP contribution >= 0.6 is 11.6 Å². The fourth-order valence-electron chi connectivity index (χ4n) is 2.38. The Balaban J connectivity index is 2.09. The molecule has 2 aromatic heterocycles. The predicted molar refractivity (Wildman–Crippen MR) is 76.2 cm³/mol. The molecule has 4 rings (SSSR count). The normalized spacial score (nSPS) is 11.4. The van der Waals surface area contributed by atoms with E-state index < -0.39 is 0 Å². The molecule has 0 aliphatic rings. The quantitative estimate of drug-likeness (QED) is 0.552. The number of nitrogens with one attached hydrogen (secondary N) is 2. The maximum absolute atomic E-state index is 6.47. The number of halogens is 1. The summed E-state index contributed by atoms with van der Waals surface area (Å²) in [5.41, 5.74) is 4.75. The van der Waals surface area contributed by atoms with Crippen LogP contribution in [0.3, 0.4) is 0 Å². The van der Waals surface area contributed by atoms with Crippen molar-refractivity contribution >= 4 is 33.5 Å². The van der Waals surface area contributed by atoms with Crippen LogP contribution in [0.2, 0.25) is 5.02 Å². The topological polar surface area (TPSA) is 57.4 Å². The van der Waals surface area contributed by atoms with Gasteiger partial charge in [-0.1, -0.05) is 29.8 Å². The number of hydrogen-bond acceptors (Lipinski definition) is 2. The Bertz CT molecular complexity index is 891. The van der Waals surface area contributed by atoms with Gasteiger partial charge in [0, 0.05) is 10.9 Å². The van der Waals surface area contributed by atoms with Crippen molar-refractivity contribution in [3.8, 4) is 11.1 Å². The van der Waals surface area contributed by atoms with E-state index in [1.165, 1.54) is 0 Å². The van der Waals surface area contributed by atoms with Gasteiger partial charge in [0.15, 0.2) is 0 Å². The molecule has 0 amide bonds. The SMILES string of the molecule is Clc1c(-c2cccc3[nH]ncc23)ccc2[nH]cnc12. The van der Waals surface area contributed by atoms with Crippen molar-refractivity contribution in [1.82, 2.24) is 20.2 Å². The third-order valence-corrected chi connectivity index (χ3v) is 3.69. The molecule has 0 fully saturated rings. The summed E-state index contributed by atoms with van der Waals surface area (Å²) >= 11 is 6.47. The molecule has 0 spiro atoms. The van der Waals surface area contributed by atoms with E-state index in [9.17, 15) is 0 Å². The van der Waals surface area contributed by atoms with E-state index in [0.717, 1.165) is 33.1 Å². The summed E-state index contributed by atoms with van der Waals surface area (Å²) in [5, 5.41) is 8.76. The molecule has 0 aliphatic heterocycles. The lowest BCUT2D eigenvalue weighted by atomic mass is 10.0. The number of aromatic nitrogens is 4. The lowest BCUT2D eigenvalue weighted by Gasteiger charge is -2.06. The Morgan fingerprint density at radius 2 is 1.95 bits per heavy atom. The second kappa shape index (κ2) is 3.83. The Hall–Kier alpha value is -2.33. The van der Waals surface area contributed by atoms with Crippen LogP contribution in [0.5, 0.6) is 0 Å². The molecule has 92 valence electrons. The highest BCUT2D eigenvalue weighted by Crippen LogP contribution is 2.36. The van der Waals surface area contributed by atoms with E-state index in [4.69, 9.17) is 11.6 Å². The molecule has 0 bridgehead atoms. The van der Waals surface area contributed by atoms with Gasteiger partial charge in [0.2, 0.25) is 0 Å². The van der Waals surface area contributed by atoms with E-state index in [0.29, 0.717) is 5.02 Å². The first-order valence-corrected chi connectivity index (χ1v) is 6.26. The molecule has 5 heteroatoms. The maximum atomic E-state index is 6.47. The number of imidazole rings is 1. The van der Waals surface area contributed by atoms with E-state index >= 15 is 0 Å². The minimum atomic E-state index is 0.660. The lowest BCUT2D eigenvalue weighted by molar-refractivity contribution is 1.12. The van der Waals surface area contributed by atoms with Gasteiger partial charge in [0.25, 0.3) is 0 Å². The standard InChI is InChI=1S/C14H9ClN4/c15-13-9(4-5-12-14(13)17-7-16-12)8-2-1-3-11-10(8)6-18-19-11/h1-7H,(H,16,17)(H,18,19). The monoisotopic (exact) mass is 268 g/mol. The van der Waals surface area contributed by atoms with Crippen LogP contribution in [0.15, 0.2) is 42.9 Å². The minimum absolute atomic E-state index is 0.660. The molecule has 0 saturated heterocycles. The number of fused-ring (bicyclic) bond motifs is 2. The zero-order chi connectivity index (χ0) is 12.8. The van der Waals surface area contributed by atoms with Gasteiger partial charge in [-0.15, -0.1) is 0 Å². The van der Waals surface area contributed by atoms with Gasteiger partial charge >= 0.3 is 0 Å². The highest BCUT2D eigenvalue weighted by Gasteiger charge is 2.12. The highest BCUT2D eigenvalue weighted by molar-refractivity contribution is 6.38. The molecule has 2 N–H and O–H groups in total. The van der Waals surface area contributed by atoms with Gasteiger partial charge in [0.05, 0.1) is 28.6 Å². The van der Waals surface area contributed by atoms with Crippen LogP contribution in [0, 0.1) is 0 Å². The zero-order valence-electron chi connectivity index (χ0n) is 9.81. The van der Waals surface area contributed by atoms with Gasteiger partial charge in [-0.2, -0.15) is 5.10 Å². The molecule has 4 aromatic rings. The summed E-state index contributed by atoms with van der Waals surface area (Å²) in [7, 11) is 0. The molecule has 0 unspecified atom stereocenters. The largest absolute Gasteiger partial charge is 0.345 e. The maximum Gasteiger partial charge on any atom is 0.107 e. The Labute approximate surface area is 113 Å². The first kappa shape index (κ1) is 10.6. The summed E-state index contributed by atoms with van der Waals surface area (Å²) in [6.07, 6.45) is 3.47. The van der Waals surface area contributed by atoms with Crippen LogP contribution in [0.25, 0.3) is 33.1 Å². The van der Waals surface area contributed by atoms with Gasteiger partial charge in [-0.05, 0) is 17.7 Å².